The molecule has 1 aliphatic heterocycles. The van der Waals surface area contributed by atoms with Crippen molar-refractivity contribution < 1.29 is 9.47 Å². The van der Waals surface area contributed by atoms with Gasteiger partial charge in [-0.1, -0.05) is 50.3 Å². The molecule has 0 spiro atoms. The molecule has 3 rings (SSSR count). The van der Waals surface area contributed by atoms with E-state index in [1.165, 1.54) is 44.1 Å². The summed E-state index contributed by atoms with van der Waals surface area (Å²) < 4.78 is 11.8. The van der Waals surface area contributed by atoms with E-state index >= 15 is 0 Å². The van der Waals surface area contributed by atoms with Crippen molar-refractivity contribution in [1.29, 1.82) is 0 Å². The fourth-order valence-corrected chi connectivity index (χ4v) is 3.60. The van der Waals surface area contributed by atoms with Gasteiger partial charge < -0.3 is 14.8 Å². The van der Waals surface area contributed by atoms with Crippen molar-refractivity contribution >= 4 is 0 Å². The molecule has 122 valence electrons. The summed E-state index contributed by atoms with van der Waals surface area (Å²) in [6.07, 6.45) is 9.76. The van der Waals surface area contributed by atoms with E-state index < -0.39 is 0 Å². The van der Waals surface area contributed by atoms with Crippen LogP contribution in [0.15, 0.2) is 24.3 Å². The van der Waals surface area contributed by atoms with E-state index in [2.05, 4.69) is 29.6 Å². The number of hydrogen-bond acceptors (Lipinski definition) is 3. The second kappa shape index (κ2) is 8.54. The molecule has 3 nitrogen and oxygen atoms in total. The highest BCUT2D eigenvalue weighted by Crippen LogP contribution is 2.29. The van der Waals surface area contributed by atoms with Gasteiger partial charge in [0.25, 0.3) is 0 Å². The molecule has 1 heterocycles. The highest BCUT2D eigenvalue weighted by atomic mass is 16.5. The second-order valence-electron chi connectivity index (χ2n) is 6.66. The van der Waals surface area contributed by atoms with Crippen LogP contribution in [-0.4, -0.2) is 32.4 Å². The van der Waals surface area contributed by atoms with Gasteiger partial charge in [-0.25, -0.2) is 0 Å². The Hall–Kier alpha value is -1.06. The standard InChI is InChI=1S/C19H29NO2/c1-2-6-16(7-3-1)10-11-17-8-4-5-9-19(17)22-15-18-14-20-12-13-21-18/h4-5,8-9,16,18,20H,1-3,6-7,10-15H2. The SMILES string of the molecule is c1ccc(OCC2CNCCO2)c(CCC2CCCCC2)c1. The minimum absolute atomic E-state index is 0.181. The van der Waals surface area contributed by atoms with E-state index in [1.54, 1.807) is 0 Å². The van der Waals surface area contributed by atoms with Crippen molar-refractivity contribution in [3.8, 4) is 5.75 Å². The maximum Gasteiger partial charge on any atom is 0.122 e. The van der Waals surface area contributed by atoms with Crippen LogP contribution in [0, 0.1) is 5.92 Å². The minimum atomic E-state index is 0.181. The topological polar surface area (TPSA) is 30.5 Å². The third-order valence-corrected chi connectivity index (χ3v) is 4.95. The molecule has 1 aromatic rings. The van der Waals surface area contributed by atoms with Crippen molar-refractivity contribution in [2.45, 2.75) is 51.0 Å². The van der Waals surface area contributed by atoms with Crippen LogP contribution in [0.4, 0.5) is 0 Å². The maximum atomic E-state index is 6.05. The van der Waals surface area contributed by atoms with Crippen LogP contribution in [0.2, 0.25) is 0 Å². The Kier molecular flexibility index (Phi) is 6.14. The molecular weight excluding hydrogens is 274 g/mol. The number of nitrogens with one attached hydrogen (secondary N) is 1. The Morgan fingerprint density at radius 1 is 1.14 bits per heavy atom. The van der Waals surface area contributed by atoms with Crippen LogP contribution in [0.25, 0.3) is 0 Å². The molecule has 0 bridgehead atoms. The van der Waals surface area contributed by atoms with E-state index in [4.69, 9.17) is 9.47 Å². The summed E-state index contributed by atoms with van der Waals surface area (Å²) in [5.41, 5.74) is 1.36. The molecule has 1 saturated carbocycles. The Morgan fingerprint density at radius 2 is 2.00 bits per heavy atom. The van der Waals surface area contributed by atoms with Gasteiger partial charge >= 0.3 is 0 Å². The van der Waals surface area contributed by atoms with Gasteiger partial charge in [0, 0.05) is 13.1 Å². The van der Waals surface area contributed by atoms with Gasteiger partial charge in [0.05, 0.1) is 6.61 Å². The molecule has 22 heavy (non-hydrogen) atoms. The zero-order chi connectivity index (χ0) is 15.0. The van der Waals surface area contributed by atoms with Crippen molar-refractivity contribution in [3.63, 3.8) is 0 Å². The zero-order valence-corrected chi connectivity index (χ0v) is 13.6. The smallest absolute Gasteiger partial charge is 0.122 e. The van der Waals surface area contributed by atoms with Crippen molar-refractivity contribution in [1.82, 2.24) is 5.32 Å². The number of aryl methyl sites for hydroxylation is 1. The number of para-hydroxylation sites is 1. The summed E-state index contributed by atoms with van der Waals surface area (Å²) in [5.74, 6) is 1.97. The summed E-state index contributed by atoms with van der Waals surface area (Å²) in [4.78, 5) is 0. The predicted octanol–water partition coefficient (Wildman–Crippen LogP) is 3.57. The molecule has 3 heteroatoms. The lowest BCUT2D eigenvalue weighted by atomic mass is 9.85. The first kappa shape index (κ1) is 15.8. The fourth-order valence-electron chi connectivity index (χ4n) is 3.60. The van der Waals surface area contributed by atoms with E-state index in [1.807, 2.05) is 0 Å². The maximum absolute atomic E-state index is 6.05. The Morgan fingerprint density at radius 3 is 2.82 bits per heavy atom. The van der Waals surface area contributed by atoms with Gasteiger partial charge in [0.1, 0.15) is 18.5 Å². The highest BCUT2D eigenvalue weighted by molar-refractivity contribution is 5.33. The summed E-state index contributed by atoms with van der Waals surface area (Å²) >= 11 is 0. The van der Waals surface area contributed by atoms with Crippen molar-refractivity contribution in [2.75, 3.05) is 26.3 Å². The van der Waals surface area contributed by atoms with E-state index in [-0.39, 0.29) is 6.10 Å². The molecular formula is C19H29NO2. The third-order valence-electron chi connectivity index (χ3n) is 4.95. The molecule has 1 aliphatic carbocycles. The molecule has 2 fully saturated rings. The van der Waals surface area contributed by atoms with Gasteiger partial charge in [-0.2, -0.15) is 0 Å². The first-order chi connectivity index (χ1) is 10.9. The quantitative estimate of drug-likeness (QED) is 0.871. The van der Waals surface area contributed by atoms with Crippen LogP contribution >= 0.6 is 0 Å². The molecule has 1 atom stereocenters. The number of morpholine rings is 1. The summed E-state index contributed by atoms with van der Waals surface area (Å²) in [6, 6.07) is 8.52. The zero-order valence-electron chi connectivity index (χ0n) is 13.6. The first-order valence-electron chi connectivity index (χ1n) is 8.95. The molecule has 0 aromatic heterocycles. The fraction of sp³-hybridized carbons (Fsp3) is 0.684. The van der Waals surface area contributed by atoms with Crippen LogP contribution in [-0.2, 0) is 11.2 Å². The van der Waals surface area contributed by atoms with Crippen LogP contribution < -0.4 is 10.1 Å². The monoisotopic (exact) mass is 303 g/mol. The highest BCUT2D eigenvalue weighted by Gasteiger charge is 2.16. The number of hydrogen-bond donors (Lipinski definition) is 1. The van der Waals surface area contributed by atoms with Crippen LogP contribution in [0.3, 0.4) is 0 Å². The van der Waals surface area contributed by atoms with Gasteiger partial charge in [-0.15, -0.1) is 0 Å². The Balaban J connectivity index is 1.50. The second-order valence-corrected chi connectivity index (χ2v) is 6.66. The van der Waals surface area contributed by atoms with Crippen LogP contribution in [0.1, 0.15) is 44.1 Å². The normalized spacial score (nSPS) is 23.4. The largest absolute Gasteiger partial charge is 0.491 e. The number of rotatable bonds is 6. The Bertz CT molecular complexity index is 396. The summed E-state index contributed by atoms with van der Waals surface area (Å²) in [5, 5.41) is 3.35. The molecule has 1 saturated heterocycles. The Labute approximate surface area is 134 Å². The van der Waals surface area contributed by atoms with Gasteiger partial charge in [0.2, 0.25) is 0 Å². The van der Waals surface area contributed by atoms with Gasteiger partial charge in [0.15, 0.2) is 0 Å². The average Bonchev–Trinajstić information content (AvgIpc) is 2.61. The van der Waals surface area contributed by atoms with E-state index in [0.29, 0.717) is 6.61 Å². The lowest BCUT2D eigenvalue weighted by Gasteiger charge is -2.24. The molecule has 0 amide bonds. The minimum Gasteiger partial charge on any atom is -0.491 e. The molecule has 1 aromatic carbocycles. The summed E-state index contributed by atoms with van der Waals surface area (Å²) in [7, 11) is 0. The third kappa shape index (κ3) is 4.72. The van der Waals surface area contributed by atoms with E-state index in [0.717, 1.165) is 37.8 Å². The number of benzene rings is 1. The molecule has 0 radical (unpaired) electrons. The molecule has 1 unspecified atom stereocenters. The predicted molar refractivity (Wildman–Crippen MR) is 89.4 cm³/mol. The number of ether oxygens (including phenoxy) is 2. The summed E-state index contributed by atoms with van der Waals surface area (Å²) in [6.45, 7) is 3.28. The van der Waals surface area contributed by atoms with Gasteiger partial charge in [-0.05, 0) is 30.4 Å². The lowest BCUT2D eigenvalue weighted by molar-refractivity contribution is -0.00000221. The van der Waals surface area contributed by atoms with Crippen molar-refractivity contribution in [3.05, 3.63) is 29.8 Å². The molecule has 1 N–H and O–H groups in total. The van der Waals surface area contributed by atoms with Gasteiger partial charge in [-0.3, -0.25) is 0 Å². The average molecular weight is 303 g/mol. The lowest BCUT2D eigenvalue weighted by Crippen LogP contribution is -2.41. The van der Waals surface area contributed by atoms with Crippen molar-refractivity contribution in [2.24, 2.45) is 5.92 Å². The van der Waals surface area contributed by atoms with Crippen LogP contribution in [0.5, 0.6) is 5.75 Å². The first-order valence-corrected chi connectivity index (χ1v) is 8.95. The van der Waals surface area contributed by atoms with E-state index in [9.17, 15) is 0 Å². The molecule has 2 aliphatic rings.